The average molecular weight is 372 g/mol. The Hall–Kier alpha value is -2.68. The second-order valence-corrected chi connectivity index (χ2v) is 5.71. The zero-order valence-corrected chi connectivity index (χ0v) is 13.9. The van der Waals surface area contributed by atoms with Crippen molar-refractivity contribution in [3.63, 3.8) is 0 Å². The summed E-state index contributed by atoms with van der Waals surface area (Å²) in [5, 5.41) is 6.81. The van der Waals surface area contributed by atoms with E-state index in [9.17, 15) is 23.6 Å². The van der Waals surface area contributed by atoms with Gasteiger partial charge in [0, 0.05) is 6.42 Å². The summed E-state index contributed by atoms with van der Waals surface area (Å²) in [7, 11) is 0. The fourth-order valence-corrected chi connectivity index (χ4v) is 2.27. The number of carbonyl (C=O) groups excluding carboxylic acids is 4. The maximum absolute atomic E-state index is 13.0. The quantitative estimate of drug-likeness (QED) is 0.516. The van der Waals surface area contributed by atoms with E-state index in [1.54, 1.807) is 0 Å². The van der Waals surface area contributed by atoms with E-state index in [0.29, 0.717) is 0 Å². The number of carbonyl (C=O) groups is 4. The Bertz CT molecular complexity index is 727. The fraction of sp³-hybridized carbons (Fsp3) is 0.333. The van der Waals surface area contributed by atoms with Crippen LogP contribution < -0.4 is 16.0 Å². The van der Waals surface area contributed by atoms with E-state index < -0.39 is 41.8 Å². The number of rotatable bonds is 6. The minimum absolute atomic E-state index is 0.00913. The van der Waals surface area contributed by atoms with E-state index in [2.05, 4.69) is 10.6 Å². The highest BCUT2D eigenvalue weighted by Crippen LogP contribution is 2.22. The molecular weight excluding hydrogens is 357 g/mol. The van der Waals surface area contributed by atoms with E-state index in [4.69, 9.17) is 16.3 Å². The minimum atomic E-state index is -1.12. The van der Waals surface area contributed by atoms with Crippen LogP contribution in [0, 0.1) is 5.82 Å². The number of hydrogen-bond acceptors (Lipinski definition) is 5. The van der Waals surface area contributed by atoms with Gasteiger partial charge in [-0.1, -0.05) is 11.6 Å². The first-order valence-electron chi connectivity index (χ1n) is 7.33. The Labute approximate surface area is 147 Å². The number of anilines is 1. The summed E-state index contributed by atoms with van der Waals surface area (Å²) in [6, 6.07) is 2.02. The molecule has 1 heterocycles. The largest absolute Gasteiger partial charge is 0.453 e. The molecule has 0 aromatic heterocycles. The summed E-state index contributed by atoms with van der Waals surface area (Å²) in [6.45, 7) is 1.36. The van der Waals surface area contributed by atoms with Crippen LogP contribution in [0.4, 0.5) is 14.9 Å². The van der Waals surface area contributed by atoms with E-state index in [-0.39, 0.29) is 23.6 Å². The molecule has 25 heavy (non-hydrogen) atoms. The molecule has 8 nitrogen and oxygen atoms in total. The first-order chi connectivity index (χ1) is 11.8. The van der Waals surface area contributed by atoms with Gasteiger partial charge in [0.2, 0.25) is 0 Å². The summed E-state index contributed by atoms with van der Waals surface area (Å²) in [5.74, 6) is -2.42. The molecule has 0 bridgehead atoms. The van der Waals surface area contributed by atoms with Crippen molar-refractivity contribution in [3.8, 4) is 0 Å². The molecule has 1 aromatic rings. The fourth-order valence-electron chi connectivity index (χ4n) is 2.06. The van der Waals surface area contributed by atoms with Crippen LogP contribution in [0.2, 0.25) is 5.02 Å². The zero-order chi connectivity index (χ0) is 18.6. The third kappa shape index (κ3) is 5.15. The van der Waals surface area contributed by atoms with Gasteiger partial charge >= 0.3 is 12.0 Å². The van der Waals surface area contributed by atoms with Gasteiger partial charge in [0.1, 0.15) is 11.9 Å². The third-order valence-corrected chi connectivity index (χ3v) is 3.67. The first-order valence-corrected chi connectivity index (χ1v) is 7.71. The lowest BCUT2D eigenvalue weighted by Gasteiger charge is -2.14. The van der Waals surface area contributed by atoms with Crippen LogP contribution in [-0.2, 0) is 19.1 Å². The van der Waals surface area contributed by atoms with Gasteiger partial charge in [-0.25, -0.2) is 9.18 Å². The number of hydrogen-bond donors (Lipinski definition) is 3. The molecule has 0 unspecified atom stereocenters. The molecule has 0 aliphatic carbocycles. The van der Waals surface area contributed by atoms with Gasteiger partial charge in [-0.15, -0.1) is 0 Å². The van der Waals surface area contributed by atoms with E-state index >= 15 is 0 Å². The molecule has 0 saturated carbocycles. The van der Waals surface area contributed by atoms with Gasteiger partial charge in [-0.05, 0) is 31.5 Å². The lowest BCUT2D eigenvalue weighted by atomic mass is 10.1. The molecule has 1 aliphatic heterocycles. The number of esters is 1. The Kier molecular flexibility index (Phi) is 5.92. The number of urea groups is 1. The van der Waals surface area contributed by atoms with Crippen molar-refractivity contribution in [1.82, 2.24) is 10.6 Å². The number of halogens is 2. The molecule has 0 radical (unpaired) electrons. The molecule has 3 N–H and O–H groups in total. The van der Waals surface area contributed by atoms with Gasteiger partial charge in [0.05, 0.1) is 10.7 Å². The summed E-state index contributed by atoms with van der Waals surface area (Å²) in [6.07, 6.45) is -1.23. The van der Waals surface area contributed by atoms with Crippen molar-refractivity contribution in [2.75, 3.05) is 5.32 Å². The molecule has 2 rings (SSSR count). The molecule has 1 fully saturated rings. The standard InChI is InChI=1S/C15H15ClFN3O5/c1-7(13(22)18-10-3-2-8(17)6-9(10)16)25-12(21)5-4-11-14(23)20-15(24)19-11/h2-3,6-7,11H,4-5H2,1H3,(H,18,22)(H2,19,20,23,24)/t7-,11-/m1/s1. The van der Waals surface area contributed by atoms with Gasteiger partial charge in [0.15, 0.2) is 6.10 Å². The number of nitrogens with one attached hydrogen (secondary N) is 3. The predicted octanol–water partition coefficient (Wildman–Crippen LogP) is 1.34. The van der Waals surface area contributed by atoms with Crippen LogP contribution in [0.15, 0.2) is 18.2 Å². The van der Waals surface area contributed by atoms with Crippen LogP contribution in [0.1, 0.15) is 19.8 Å². The Morgan fingerprint density at radius 1 is 1.40 bits per heavy atom. The molecule has 10 heteroatoms. The van der Waals surface area contributed by atoms with E-state index in [1.165, 1.54) is 13.0 Å². The molecule has 0 spiro atoms. The highest BCUT2D eigenvalue weighted by Gasteiger charge is 2.30. The summed E-state index contributed by atoms with van der Waals surface area (Å²) >= 11 is 5.80. The summed E-state index contributed by atoms with van der Waals surface area (Å²) in [4.78, 5) is 46.0. The van der Waals surface area contributed by atoms with Crippen molar-refractivity contribution in [3.05, 3.63) is 29.0 Å². The van der Waals surface area contributed by atoms with Gasteiger partial charge in [-0.3, -0.25) is 19.7 Å². The monoisotopic (exact) mass is 371 g/mol. The maximum atomic E-state index is 13.0. The normalized spacial score (nSPS) is 17.5. The number of imide groups is 1. The Balaban J connectivity index is 1.80. The molecule has 1 saturated heterocycles. The molecule has 1 aromatic carbocycles. The highest BCUT2D eigenvalue weighted by atomic mass is 35.5. The van der Waals surface area contributed by atoms with Gasteiger partial charge in [0.25, 0.3) is 11.8 Å². The van der Waals surface area contributed by atoms with Crippen molar-refractivity contribution < 1.29 is 28.3 Å². The van der Waals surface area contributed by atoms with Crippen molar-refractivity contribution >= 4 is 41.1 Å². The van der Waals surface area contributed by atoms with Crippen molar-refractivity contribution in [2.24, 2.45) is 0 Å². The average Bonchev–Trinajstić information content (AvgIpc) is 2.85. The van der Waals surface area contributed by atoms with Gasteiger partial charge < -0.3 is 15.4 Å². The third-order valence-electron chi connectivity index (χ3n) is 3.36. The van der Waals surface area contributed by atoms with Crippen LogP contribution in [0.3, 0.4) is 0 Å². The van der Waals surface area contributed by atoms with Crippen LogP contribution in [-0.4, -0.2) is 36.0 Å². The molecular formula is C15H15ClFN3O5. The Morgan fingerprint density at radius 3 is 2.72 bits per heavy atom. The maximum Gasteiger partial charge on any atom is 0.322 e. The van der Waals surface area contributed by atoms with Crippen LogP contribution in [0.25, 0.3) is 0 Å². The van der Waals surface area contributed by atoms with E-state index in [0.717, 1.165) is 12.1 Å². The van der Waals surface area contributed by atoms with Gasteiger partial charge in [-0.2, -0.15) is 0 Å². The lowest BCUT2D eigenvalue weighted by molar-refractivity contribution is -0.153. The smallest absolute Gasteiger partial charge is 0.322 e. The SMILES string of the molecule is C[C@@H](OC(=O)CC[C@H]1NC(=O)NC1=O)C(=O)Nc1ccc(F)cc1Cl. The van der Waals surface area contributed by atoms with Crippen molar-refractivity contribution in [1.29, 1.82) is 0 Å². The second kappa shape index (κ2) is 7.93. The summed E-state index contributed by atoms with van der Waals surface area (Å²) < 4.78 is 17.9. The second-order valence-electron chi connectivity index (χ2n) is 5.30. The molecule has 134 valence electrons. The number of amides is 4. The molecule has 4 amide bonds. The number of benzene rings is 1. The minimum Gasteiger partial charge on any atom is -0.453 e. The zero-order valence-electron chi connectivity index (χ0n) is 13.1. The topological polar surface area (TPSA) is 114 Å². The summed E-state index contributed by atoms with van der Waals surface area (Å²) in [5.41, 5.74) is 0.182. The number of ether oxygens (including phenoxy) is 1. The molecule has 2 atom stereocenters. The van der Waals surface area contributed by atoms with E-state index in [1.807, 2.05) is 5.32 Å². The lowest BCUT2D eigenvalue weighted by Crippen LogP contribution is -2.32. The first kappa shape index (κ1) is 18.7. The van der Waals surface area contributed by atoms with Crippen LogP contribution >= 0.6 is 11.6 Å². The molecule has 1 aliphatic rings. The predicted molar refractivity (Wildman–Crippen MR) is 85.3 cm³/mol. The Morgan fingerprint density at radius 2 is 2.12 bits per heavy atom. The van der Waals surface area contributed by atoms with Crippen molar-refractivity contribution in [2.45, 2.75) is 31.9 Å². The van der Waals surface area contributed by atoms with Crippen LogP contribution in [0.5, 0.6) is 0 Å². The highest BCUT2D eigenvalue weighted by molar-refractivity contribution is 6.33.